The number of aryl methyl sites for hydroxylation is 2. The van der Waals surface area contributed by atoms with E-state index in [2.05, 4.69) is 35.9 Å². The fourth-order valence-electron chi connectivity index (χ4n) is 2.41. The monoisotopic (exact) mass is 302 g/mol. The molecule has 0 bridgehead atoms. The Balaban J connectivity index is 1.85. The van der Waals surface area contributed by atoms with Crippen LogP contribution in [0.2, 0.25) is 0 Å². The Hall–Kier alpha value is -1.68. The Morgan fingerprint density at radius 2 is 1.81 bits per heavy atom. The molecule has 0 unspecified atom stereocenters. The molecule has 0 saturated heterocycles. The van der Waals surface area contributed by atoms with Crippen molar-refractivity contribution in [2.45, 2.75) is 38.1 Å². The topological polar surface area (TPSA) is 34.0 Å². The van der Waals surface area contributed by atoms with E-state index in [1.165, 1.54) is 11.4 Å². The third-order valence-corrected chi connectivity index (χ3v) is 4.38. The second kappa shape index (κ2) is 7.36. The van der Waals surface area contributed by atoms with E-state index in [4.69, 9.17) is 0 Å². The fourth-order valence-corrected chi connectivity index (χ4v) is 2.96. The lowest BCUT2D eigenvalue weighted by Crippen LogP contribution is -2.13. The second-order valence-corrected chi connectivity index (χ2v) is 5.97. The number of amides is 1. The smallest absolute Gasteiger partial charge is 0.224 e. The molecule has 1 aromatic carbocycles. The highest BCUT2D eigenvalue weighted by Crippen LogP contribution is 2.24. The van der Waals surface area contributed by atoms with Gasteiger partial charge in [0, 0.05) is 29.2 Å². The third-order valence-electron chi connectivity index (χ3n) is 3.58. The summed E-state index contributed by atoms with van der Waals surface area (Å²) < 4.78 is 2.25. The van der Waals surface area contributed by atoms with Crippen LogP contribution in [0.25, 0.3) is 0 Å². The molecule has 0 radical (unpaired) electrons. The first-order chi connectivity index (χ1) is 10.1. The number of hydrogen-bond donors (Lipinski definition) is 1. The molecule has 1 amide bonds. The van der Waals surface area contributed by atoms with E-state index in [0.29, 0.717) is 6.42 Å². The van der Waals surface area contributed by atoms with E-state index in [-0.39, 0.29) is 5.91 Å². The number of rotatable bonds is 6. The molecule has 0 spiro atoms. The van der Waals surface area contributed by atoms with E-state index < -0.39 is 0 Å². The first-order valence-electron chi connectivity index (χ1n) is 7.17. The van der Waals surface area contributed by atoms with Crippen LogP contribution in [0.1, 0.15) is 24.2 Å². The van der Waals surface area contributed by atoms with Crippen LogP contribution in [-0.2, 0) is 11.3 Å². The van der Waals surface area contributed by atoms with Gasteiger partial charge in [0.2, 0.25) is 5.91 Å². The molecule has 0 atom stereocenters. The molecule has 112 valence electrons. The summed E-state index contributed by atoms with van der Waals surface area (Å²) in [6, 6.07) is 12.1. The van der Waals surface area contributed by atoms with E-state index in [1.807, 2.05) is 30.5 Å². The second-order valence-electron chi connectivity index (χ2n) is 5.12. The van der Waals surface area contributed by atoms with Crippen molar-refractivity contribution in [3.8, 4) is 0 Å². The van der Waals surface area contributed by atoms with Crippen molar-refractivity contribution in [3.05, 3.63) is 47.8 Å². The van der Waals surface area contributed by atoms with Gasteiger partial charge in [0.05, 0.1) is 5.69 Å². The van der Waals surface area contributed by atoms with Crippen molar-refractivity contribution in [3.63, 3.8) is 0 Å². The maximum atomic E-state index is 12.0. The lowest BCUT2D eigenvalue weighted by molar-refractivity contribution is -0.116. The molecule has 0 fully saturated rings. The summed E-state index contributed by atoms with van der Waals surface area (Å²) in [5.74, 6) is 0.0824. The Morgan fingerprint density at radius 1 is 1.14 bits per heavy atom. The highest BCUT2D eigenvalue weighted by molar-refractivity contribution is 7.98. The lowest BCUT2D eigenvalue weighted by atomic mass is 10.2. The summed E-state index contributed by atoms with van der Waals surface area (Å²) >= 11 is 1.64. The zero-order chi connectivity index (χ0) is 15.2. The number of thioether (sulfide) groups is 1. The summed E-state index contributed by atoms with van der Waals surface area (Å²) in [6.45, 7) is 5.09. The zero-order valence-corrected chi connectivity index (χ0v) is 13.7. The minimum atomic E-state index is 0.0824. The highest BCUT2D eigenvalue weighted by Gasteiger charge is 2.07. The quantitative estimate of drug-likeness (QED) is 0.810. The van der Waals surface area contributed by atoms with Crippen molar-refractivity contribution in [2.24, 2.45) is 0 Å². The molecule has 1 N–H and O–H groups in total. The van der Waals surface area contributed by atoms with E-state index in [0.717, 1.165) is 23.5 Å². The Kier molecular flexibility index (Phi) is 5.51. The standard InChI is InChI=1S/C17H22N2OS/c1-13-10-11-14(2)19(13)12-6-9-17(20)18-15-7-4-5-8-16(15)21-3/h4-5,7-8,10-11H,6,9,12H2,1-3H3,(H,18,20). The first-order valence-corrected chi connectivity index (χ1v) is 8.40. The molecule has 0 aliphatic rings. The number of para-hydroxylation sites is 1. The minimum absolute atomic E-state index is 0.0824. The molecule has 1 heterocycles. The number of benzene rings is 1. The summed E-state index contributed by atoms with van der Waals surface area (Å²) in [7, 11) is 0. The van der Waals surface area contributed by atoms with Gasteiger partial charge in [-0.1, -0.05) is 12.1 Å². The number of carbonyl (C=O) groups excluding carboxylic acids is 1. The molecule has 2 rings (SSSR count). The van der Waals surface area contributed by atoms with Crippen molar-refractivity contribution in [2.75, 3.05) is 11.6 Å². The van der Waals surface area contributed by atoms with Crippen molar-refractivity contribution in [1.29, 1.82) is 0 Å². The van der Waals surface area contributed by atoms with Gasteiger partial charge in [0.25, 0.3) is 0 Å². The predicted octanol–water partition coefficient (Wildman–Crippen LogP) is 4.25. The molecule has 0 aliphatic heterocycles. The zero-order valence-electron chi connectivity index (χ0n) is 12.8. The van der Waals surface area contributed by atoms with Crippen LogP contribution in [0.15, 0.2) is 41.3 Å². The van der Waals surface area contributed by atoms with Gasteiger partial charge in [0.15, 0.2) is 0 Å². The van der Waals surface area contributed by atoms with Gasteiger partial charge < -0.3 is 9.88 Å². The van der Waals surface area contributed by atoms with Crippen LogP contribution >= 0.6 is 11.8 Å². The first kappa shape index (κ1) is 15.7. The minimum Gasteiger partial charge on any atom is -0.349 e. The average Bonchev–Trinajstić information content (AvgIpc) is 2.79. The SMILES string of the molecule is CSc1ccccc1NC(=O)CCCn1c(C)ccc1C. The molecule has 2 aromatic rings. The van der Waals surface area contributed by atoms with Gasteiger partial charge in [-0.25, -0.2) is 0 Å². The molecule has 21 heavy (non-hydrogen) atoms. The lowest BCUT2D eigenvalue weighted by Gasteiger charge is -2.11. The fraction of sp³-hybridized carbons (Fsp3) is 0.353. The Bertz CT molecular complexity index is 600. The molecule has 4 heteroatoms. The molecular weight excluding hydrogens is 280 g/mol. The number of carbonyl (C=O) groups is 1. The van der Waals surface area contributed by atoms with Crippen LogP contribution < -0.4 is 5.32 Å². The van der Waals surface area contributed by atoms with Crippen LogP contribution in [0.3, 0.4) is 0 Å². The summed E-state index contributed by atoms with van der Waals surface area (Å²) in [4.78, 5) is 13.1. The van der Waals surface area contributed by atoms with Crippen LogP contribution in [0.4, 0.5) is 5.69 Å². The van der Waals surface area contributed by atoms with Crippen molar-refractivity contribution < 1.29 is 4.79 Å². The third kappa shape index (κ3) is 4.14. The van der Waals surface area contributed by atoms with Gasteiger partial charge in [-0.05, 0) is 50.8 Å². The van der Waals surface area contributed by atoms with Gasteiger partial charge in [-0.3, -0.25) is 4.79 Å². The van der Waals surface area contributed by atoms with E-state index in [1.54, 1.807) is 11.8 Å². The molecule has 1 aromatic heterocycles. The summed E-state index contributed by atoms with van der Waals surface area (Å²) in [5.41, 5.74) is 3.41. The predicted molar refractivity (Wildman–Crippen MR) is 90.0 cm³/mol. The van der Waals surface area contributed by atoms with E-state index >= 15 is 0 Å². The van der Waals surface area contributed by atoms with Crippen LogP contribution in [0.5, 0.6) is 0 Å². The summed E-state index contributed by atoms with van der Waals surface area (Å²) in [6.07, 6.45) is 3.41. The molecule has 0 aliphatic carbocycles. The number of nitrogens with one attached hydrogen (secondary N) is 1. The normalized spacial score (nSPS) is 10.6. The van der Waals surface area contributed by atoms with Gasteiger partial charge in [-0.15, -0.1) is 11.8 Å². The van der Waals surface area contributed by atoms with Gasteiger partial charge in [-0.2, -0.15) is 0 Å². The maximum absolute atomic E-state index is 12.0. The van der Waals surface area contributed by atoms with Crippen molar-refractivity contribution >= 4 is 23.4 Å². The van der Waals surface area contributed by atoms with E-state index in [9.17, 15) is 4.79 Å². The largest absolute Gasteiger partial charge is 0.349 e. The van der Waals surface area contributed by atoms with Gasteiger partial charge in [0.1, 0.15) is 0 Å². The molecular formula is C17H22N2OS. The van der Waals surface area contributed by atoms with Crippen LogP contribution in [-0.4, -0.2) is 16.7 Å². The average molecular weight is 302 g/mol. The van der Waals surface area contributed by atoms with Crippen LogP contribution in [0, 0.1) is 13.8 Å². The Morgan fingerprint density at radius 3 is 2.48 bits per heavy atom. The summed E-state index contributed by atoms with van der Waals surface area (Å²) in [5, 5.41) is 3.00. The van der Waals surface area contributed by atoms with Gasteiger partial charge >= 0.3 is 0 Å². The number of nitrogens with zero attached hydrogens (tertiary/aromatic N) is 1. The highest BCUT2D eigenvalue weighted by atomic mass is 32.2. The molecule has 0 saturated carbocycles. The Labute approximate surface area is 130 Å². The number of anilines is 1. The number of aromatic nitrogens is 1. The number of hydrogen-bond acceptors (Lipinski definition) is 2. The molecule has 3 nitrogen and oxygen atoms in total. The maximum Gasteiger partial charge on any atom is 0.224 e. The van der Waals surface area contributed by atoms with Crippen molar-refractivity contribution in [1.82, 2.24) is 4.57 Å².